The van der Waals surface area contributed by atoms with Gasteiger partial charge in [-0.25, -0.2) is 13.4 Å². The Morgan fingerprint density at radius 2 is 1.75 bits per heavy atom. The number of imidazole rings is 1. The van der Waals surface area contributed by atoms with Gasteiger partial charge in [0, 0.05) is 48.4 Å². The molecule has 2 aromatic carbocycles. The molecule has 44 heavy (non-hydrogen) atoms. The zero-order valence-corrected chi connectivity index (χ0v) is 28.1. The highest BCUT2D eigenvalue weighted by Gasteiger charge is 2.22. The molecule has 0 spiro atoms. The molecule has 5 rings (SSSR count). The van der Waals surface area contributed by atoms with Crippen LogP contribution in [0.4, 0.5) is 5.69 Å². The molecule has 0 radical (unpaired) electrons. The number of likely N-dealkylation sites (N-methyl/N-ethyl adjacent to an activating group) is 1. The van der Waals surface area contributed by atoms with E-state index in [1.807, 2.05) is 23.6 Å². The Labute approximate surface area is 273 Å². The van der Waals surface area contributed by atoms with Crippen LogP contribution in [-0.2, 0) is 34.7 Å². The number of sulfone groups is 1. The SMILES string of the molecule is Cc1nc2c(OCc3c(Cl)ccc(N(C)C(=O)Cc4ccc(C(=O)c5ccc(S(C)(=O)=O)cc5)n4C)c3Cl)cccn2c1Br. The van der Waals surface area contributed by atoms with Gasteiger partial charge in [-0.15, -0.1) is 0 Å². The second-order valence-electron chi connectivity index (χ2n) is 10.2. The minimum Gasteiger partial charge on any atom is -0.485 e. The average molecular weight is 718 g/mol. The van der Waals surface area contributed by atoms with E-state index in [2.05, 4.69) is 20.9 Å². The molecule has 13 heteroatoms. The molecule has 5 aromatic rings. The van der Waals surface area contributed by atoms with Crippen molar-refractivity contribution in [1.82, 2.24) is 14.0 Å². The highest BCUT2D eigenvalue weighted by Crippen LogP contribution is 2.35. The quantitative estimate of drug-likeness (QED) is 0.162. The Kier molecular flexibility index (Phi) is 8.95. The lowest BCUT2D eigenvalue weighted by molar-refractivity contribution is -0.117. The summed E-state index contributed by atoms with van der Waals surface area (Å²) in [5.41, 5.74) is 3.73. The van der Waals surface area contributed by atoms with Gasteiger partial charge in [-0.1, -0.05) is 23.2 Å². The van der Waals surface area contributed by atoms with E-state index in [1.54, 1.807) is 49.0 Å². The standard InChI is InChI=1S/C31H27BrCl2N4O5S/c1-18-30(32)38-15-5-6-26(31(38)35-18)43-17-22-23(33)12-14-24(28(22)34)37(3)27(39)16-20-9-13-25(36(20)2)29(40)19-7-10-21(11-8-19)44(4,41)42/h5-15H,16-17H2,1-4H3. The van der Waals surface area contributed by atoms with Crippen LogP contribution in [0.2, 0.25) is 10.0 Å². The number of ether oxygens (including phenoxy) is 1. The topological polar surface area (TPSA) is 103 Å². The van der Waals surface area contributed by atoms with Gasteiger partial charge in [0.2, 0.25) is 11.7 Å². The fourth-order valence-electron chi connectivity index (χ4n) is 4.73. The number of ketones is 1. The zero-order valence-electron chi connectivity index (χ0n) is 24.1. The number of pyridine rings is 1. The summed E-state index contributed by atoms with van der Waals surface area (Å²) in [4.78, 5) is 32.6. The van der Waals surface area contributed by atoms with Crippen LogP contribution in [0.3, 0.4) is 0 Å². The molecule has 3 heterocycles. The summed E-state index contributed by atoms with van der Waals surface area (Å²) in [6, 6.07) is 16.1. The summed E-state index contributed by atoms with van der Waals surface area (Å²) in [5, 5.41) is 0.670. The molecule has 1 amide bonds. The maximum absolute atomic E-state index is 13.4. The van der Waals surface area contributed by atoms with Crippen molar-refractivity contribution in [3.8, 4) is 5.75 Å². The number of hydrogen-bond donors (Lipinski definition) is 0. The Bertz CT molecular complexity index is 2040. The molecule has 0 saturated heterocycles. The number of halogens is 3. The van der Waals surface area contributed by atoms with Crippen molar-refractivity contribution >= 4 is 72.0 Å². The number of aromatic nitrogens is 3. The van der Waals surface area contributed by atoms with Crippen LogP contribution in [0.1, 0.15) is 33.0 Å². The molecule has 228 valence electrons. The third kappa shape index (κ3) is 6.14. The van der Waals surface area contributed by atoms with Gasteiger partial charge in [0.15, 0.2) is 21.2 Å². The monoisotopic (exact) mass is 716 g/mol. The highest BCUT2D eigenvalue weighted by molar-refractivity contribution is 9.10. The van der Waals surface area contributed by atoms with E-state index in [9.17, 15) is 18.0 Å². The molecule has 0 aliphatic rings. The van der Waals surface area contributed by atoms with Crippen molar-refractivity contribution in [2.75, 3.05) is 18.2 Å². The Balaban J connectivity index is 1.32. The van der Waals surface area contributed by atoms with E-state index >= 15 is 0 Å². The van der Waals surface area contributed by atoms with Gasteiger partial charge in [-0.3, -0.25) is 14.0 Å². The zero-order chi connectivity index (χ0) is 31.9. The lowest BCUT2D eigenvalue weighted by Crippen LogP contribution is -2.29. The molecule has 0 N–H and O–H groups in total. The number of rotatable bonds is 9. The number of hydrogen-bond acceptors (Lipinski definition) is 6. The number of amides is 1. The van der Waals surface area contributed by atoms with Crippen molar-refractivity contribution in [3.63, 3.8) is 0 Å². The van der Waals surface area contributed by atoms with E-state index in [-0.39, 0.29) is 34.6 Å². The highest BCUT2D eigenvalue weighted by atomic mass is 79.9. The van der Waals surface area contributed by atoms with E-state index in [0.717, 1.165) is 16.6 Å². The molecular formula is C31H27BrCl2N4O5S. The molecule has 0 fully saturated rings. The number of anilines is 1. The molecule has 9 nitrogen and oxygen atoms in total. The summed E-state index contributed by atoms with van der Waals surface area (Å²) >= 11 is 16.8. The van der Waals surface area contributed by atoms with Gasteiger partial charge >= 0.3 is 0 Å². The van der Waals surface area contributed by atoms with E-state index in [1.165, 1.54) is 29.2 Å². The fourth-order valence-corrected chi connectivity index (χ4v) is 6.35. The Morgan fingerprint density at radius 1 is 1.05 bits per heavy atom. The summed E-state index contributed by atoms with van der Waals surface area (Å²) in [5.74, 6) is -0.0107. The first kappa shape index (κ1) is 31.8. The molecule has 0 aliphatic heterocycles. The number of fused-ring (bicyclic) bond motifs is 1. The lowest BCUT2D eigenvalue weighted by Gasteiger charge is -2.21. The first-order valence-electron chi connectivity index (χ1n) is 13.3. The smallest absolute Gasteiger partial charge is 0.232 e. The molecule has 0 aliphatic carbocycles. The molecule has 0 unspecified atom stereocenters. The molecule has 0 atom stereocenters. The second kappa shape index (κ2) is 12.4. The van der Waals surface area contributed by atoms with Crippen LogP contribution in [-0.4, -0.2) is 47.4 Å². The van der Waals surface area contributed by atoms with Crippen molar-refractivity contribution < 1.29 is 22.7 Å². The van der Waals surface area contributed by atoms with Crippen molar-refractivity contribution in [1.29, 1.82) is 0 Å². The third-order valence-corrected chi connectivity index (χ3v) is 10.2. The van der Waals surface area contributed by atoms with Gasteiger partial charge < -0.3 is 14.2 Å². The maximum atomic E-state index is 13.4. The minimum absolute atomic E-state index is 0.00576. The number of carbonyl (C=O) groups excluding carboxylic acids is 2. The summed E-state index contributed by atoms with van der Waals surface area (Å²) in [6.07, 6.45) is 2.97. The minimum atomic E-state index is -3.38. The second-order valence-corrected chi connectivity index (χ2v) is 13.8. The first-order valence-corrected chi connectivity index (χ1v) is 16.7. The summed E-state index contributed by atoms with van der Waals surface area (Å²) in [7, 11) is -0.0617. The number of benzene rings is 2. The predicted octanol–water partition coefficient (Wildman–Crippen LogP) is 6.47. The van der Waals surface area contributed by atoms with Gasteiger partial charge in [0.05, 0.1) is 33.4 Å². The van der Waals surface area contributed by atoms with Crippen molar-refractivity contribution in [2.45, 2.75) is 24.8 Å². The van der Waals surface area contributed by atoms with Crippen LogP contribution < -0.4 is 9.64 Å². The van der Waals surface area contributed by atoms with Gasteiger partial charge in [0.25, 0.3) is 0 Å². The first-order chi connectivity index (χ1) is 20.8. The largest absolute Gasteiger partial charge is 0.485 e. The Morgan fingerprint density at radius 3 is 2.43 bits per heavy atom. The third-order valence-electron chi connectivity index (χ3n) is 7.32. The van der Waals surface area contributed by atoms with Gasteiger partial charge in [-0.2, -0.15) is 0 Å². The molecule has 0 saturated carbocycles. The summed E-state index contributed by atoms with van der Waals surface area (Å²) in [6.45, 7) is 1.94. The maximum Gasteiger partial charge on any atom is 0.232 e. The number of carbonyl (C=O) groups is 2. The van der Waals surface area contributed by atoms with Crippen LogP contribution in [0.15, 0.2) is 76.4 Å². The van der Waals surface area contributed by atoms with Crippen LogP contribution in [0.25, 0.3) is 5.65 Å². The van der Waals surface area contributed by atoms with Crippen molar-refractivity contribution in [3.05, 3.63) is 110 Å². The molecular weight excluding hydrogens is 691 g/mol. The average Bonchev–Trinajstić information content (AvgIpc) is 3.49. The van der Waals surface area contributed by atoms with Gasteiger partial charge in [0.1, 0.15) is 11.2 Å². The predicted molar refractivity (Wildman–Crippen MR) is 174 cm³/mol. The van der Waals surface area contributed by atoms with Crippen LogP contribution >= 0.6 is 39.1 Å². The Hall–Kier alpha value is -3.64. The van der Waals surface area contributed by atoms with E-state index < -0.39 is 9.84 Å². The lowest BCUT2D eigenvalue weighted by atomic mass is 10.1. The normalized spacial score (nSPS) is 11.6. The number of aryl methyl sites for hydroxylation is 1. The number of nitrogens with zero attached hydrogens (tertiary/aromatic N) is 4. The molecule has 0 bridgehead atoms. The summed E-state index contributed by atoms with van der Waals surface area (Å²) < 4.78 is 33.9. The fraction of sp³-hybridized carbons (Fsp3) is 0.194. The van der Waals surface area contributed by atoms with Crippen LogP contribution in [0.5, 0.6) is 5.75 Å². The van der Waals surface area contributed by atoms with E-state index in [4.69, 9.17) is 27.9 Å². The molecule has 3 aromatic heterocycles. The van der Waals surface area contributed by atoms with Gasteiger partial charge in [-0.05, 0) is 83.5 Å². The van der Waals surface area contributed by atoms with E-state index in [0.29, 0.717) is 44.6 Å². The van der Waals surface area contributed by atoms with Crippen LogP contribution in [0, 0.1) is 6.92 Å². The van der Waals surface area contributed by atoms with Crippen molar-refractivity contribution in [2.24, 2.45) is 7.05 Å².